The number of halogens is 4. The average Bonchev–Trinajstić information content (AvgIpc) is 3.44. The Hall–Kier alpha value is -3.21. The third kappa shape index (κ3) is 5.29. The van der Waals surface area contributed by atoms with Crippen LogP contribution in [0.2, 0.25) is 5.02 Å². The lowest BCUT2D eigenvalue weighted by Gasteiger charge is -2.11. The Bertz CT molecular complexity index is 1080. The highest BCUT2D eigenvalue weighted by molar-refractivity contribution is 6.30. The molecule has 1 aliphatic rings. The summed E-state index contributed by atoms with van der Waals surface area (Å²) in [5.41, 5.74) is 1.19. The molecule has 0 atom stereocenters. The number of hydrogen-bond donors (Lipinski definition) is 1. The van der Waals surface area contributed by atoms with Gasteiger partial charge in [0.1, 0.15) is 0 Å². The second-order valence-electron chi connectivity index (χ2n) is 6.90. The van der Waals surface area contributed by atoms with Crippen molar-refractivity contribution in [2.24, 2.45) is 5.92 Å². The van der Waals surface area contributed by atoms with E-state index in [1.54, 1.807) is 24.3 Å². The van der Waals surface area contributed by atoms with E-state index in [1.165, 1.54) is 6.07 Å². The van der Waals surface area contributed by atoms with Crippen LogP contribution in [-0.4, -0.2) is 32.9 Å². The van der Waals surface area contributed by atoms with E-state index < -0.39 is 30.3 Å². The minimum Gasteiger partial charge on any atom is -0.476 e. The van der Waals surface area contributed by atoms with Gasteiger partial charge in [0.15, 0.2) is 5.69 Å². The summed E-state index contributed by atoms with van der Waals surface area (Å²) in [5.74, 6) is -1.73. The fourth-order valence-electron chi connectivity index (χ4n) is 2.60. The highest BCUT2D eigenvalue weighted by Crippen LogP contribution is 2.33. The van der Waals surface area contributed by atoms with Crippen LogP contribution in [0.25, 0.3) is 11.1 Å². The molecule has 2 aromatic heterocycles. The molecule has 12 heteroatoms. The molecule has 4 rings (SSSR count). The lowest BCUT2D eigenvalue weighted by Crippen LogP contribution is -2.24. The van der Waals surface area contributed by atoms with Gasteiger partial charge in [-0.2, -0.15) is 18.2 Å². The summed E-state index contributed by atoms with van der Waals surface area (Å²) in [6.45, 7) is 0.0965. The fraction of sp³-hybridized carbons (Fsp3) is 0.316. The number of nitrogens with zero attached hydrogens (tertiary/aromatic N) is 4. The van der Waals surface area contributed by atoms with Crippen molar-refractivity contribution in [3.8, 4) is 17.0 Å². The number of ether oxygens (including phenoxy) is 1. The van der Waals surface area contributed by atoms with Gasteiger partial charge in [0.2, 0.25) is 11.8 Å². The molecule has 1 fully saturated rings. The molecule has 1 aromatic carbocycles. The number of carbonyl (C=O) groups excluding carboxylic acids is 1. The molecule has 162 valence electrons. The Morgan fingerprint density at radius 2 is 1.97 bits per heavy atom. The second-order valence-corrected chi connectivity index (χ2v) is 7.34. The number of amides is 1. The Labute approximate surface area is 178 Å². The first kappa shape index (κ1) is 21.0. The summed E-state index contributed by atoms with van der Waals surface area (Å²) in [7, 11) is 0. The van der Waals surface area contributed by atoms with Crippen molar-refractivity contribution in [1.82, 2.24) is 25.7 Å². The molecule has 0 spiro atoms. The van der Waals surface area contributed by atoms with Gasteiger partial charge in [-0.25, -0.2) is 0 Å². The van der Waals surface area contributed by atoms with Crippen LogP contribution in [0.15, 0.2) is 34.9 Å². The Balaban J connectivity index is 1.51. The predicted octanol–water partition coefficient (Wildman–Crippen LogP) is 3.92. The molecule has 1 saturated carbocycles. The van der Waals surface area contributed by atoms with Crippen molar-refractivity contribution in [1.29, 1.82) is 0 Å². The van der Waals surface area contributed by atoms with E-state index in [-0.39, 0.29) is 11.6 Å². The number of nitrogens with one attached hydrogen (secondary N) is 1. The minimum atomic E-state index is -4.74. The van der Waals surface area contributed by atoms with Gasteiger partial charge in [0.25, 0.3) is 11.7 Å². The van der Waals surface area contributed by atoms with Gasteiger partial charge in [-0.15, -0.1) is 10.2 Å². The number of aromatic nitrogens is 4. The van der Waals surface area contributed by atoms with Crippen LogP contribution < -0.4 is 10.1 Å². The summed E-state index contributed by atoms with van der Waals surface area (Å²) in [4.78, 5) is 15.7. The zero-order valence-corrected chi connectivity index (χ0v) is 16.6. The summed E-state index contributed by atoms with van der Waals surface area (Å²) in [6.07, 6.45) is -2.55. The summed E-state index contributed by atoms with van der Waals surface area (Å²) in [5, 5.41) is 13.7. The van der Waals surface area contributed by atoms with Gasteiger partial charge in [0, 0.05) is 10.6 Å². The SMILES string of the molecule is O=C(NCc1nc(C(F)(F)F)no1)c1cc(-c2ccc(Cl)cc2)c(OCC2CC2)nn1. The molecule has 0 bridgehead atoms. The number of benzene rings is 1. The van der Waals surface area contributed by atoms with Gasteiger partial charge < -0.3 is 14.6 Å². The molecular formula is C19H15ClF3N5O3. The van der Waals surface area contributed by atoms with Crippen molar-refractivity contribution < 1.29 is 27.2 Å². The maximum Gasteiger partial charge on any atom is 0.455 e. The number of alkyl halides is 3. The molecule has 1 amide bonds. The monoisotopic (exact) mass is 453 g/mol. The molecule has 8 nitrogen and oxygen atoms in total. The van der Waals surface area contributed by atoms with Crippen LogP contribution in [0.3, 0.4) is 0 Å². The van der Waals surface area contributed by atoms with Gasteiger partial charge >= 0.3 is 6.18 Å². The Morgan fingerprint density at radius 3 is 2.61 bits per heavy atom. The Morgan fingerprint density at radius 1 is 1.23 bits per heavy atom. The van der Waals surface area contributed by atoms with Crippen LogP contribution in [0.1, 0.15) is 35.0 Å². The predicted molar refractivity (Wildman–Crippen MR) is 101 cm³/mol. The van der Waals surface area contributed by atoms with Crippen LogP contribution >= 0.6 is 11.6 Å². The van der Waals surface area contributed by atoms with E-state index >= 15 is 0 Å². The first-order valence-electron chi connectivity index (χ1n) is 9.24. The quantitative estimate of drug-likeness (QED) is 0.578. The molecule has 0 radical (unpaired) electrons. The van der Waals surface area contributed by atoms with E-state index in [2.05, 4.69) is 30.2 Å². The normalized spacial score (nSPS) is 13.8. The third-order valence-corrected chi connectivity index (χ3v) is 4.67. The third-order valence-electron chi connectivity index (χ3n) is 4.42. The lowest BCUT2D eigenvalue weighted by atomic mass is 10.1. The topological polar surface area (TPSA) is 103 Å². The van der Waals surface area contributed by atoms with Gasteiger partial charge in [-0.3, -0.25) is 4.79 Å². The maximum atomic E-state index is 12.5. The van der Waals surface area contributed by atoms with Gasteiger partial charge in [-0.05, 0) is 42.5 Å². The fourth-order valence-corrected chi connectivity index (χ4v) is 2.73. The number of hydrogen-bond acceptors (Lipinski definition) is 7. The van der Waals surface area contributed by atoms with Crippen molar-refractivity contribution in [3.63, 3.8) is 0 Å². The molecule has 1 aliphatic carbocycles. The van der Waals surface area contributed by atoms with E-state index in [0.29, 0.717) is 28.7 Å². The smallest absolute Gasteiger partial charge is 0.455 e. The summed E-state index contributed by atoms with van der Waals surface area (Å²) >= 11 is 5.95. The zero-order valence-electron chi connectivity index (χ0n) is 15.8. The Kier molecular flexibility index (Phi) is 5.77. The van der Waals surface area contributed by atoms with Crippen LogP contribution in [-0.2, 0) is 12.7 Å². The largest absolute Gasteiger partial charge is 0.476 e. The standard InChI is InChI=1S/C19H15ClF3N5O3/c20-12-5-3-11(4-6-12)13-7-14(26-27-17(13)30-9-10-1-2-10)16(29)24-8-15-25-18(28-31-15)19(21,22)23/h3-7,10H,1-2,8-9H2,(H,24,29). The van der Waals surface area contributed by atoms with Crippen LogP contribution in [0, 0.1) is 5.92 Å². The molecule has 2 heterocycles. The van der Waals surface area contributed by atoms with Crippen molar-refractivity contribution >= 4 is 17.5 Å². The van der Waals surface area contributed by atoms with Crippen molar-refractivity contribution in [3.05, 3.63) is 52.8 Å². The van der Waals surface area contributed by atoms with E-state index in [9.17, 15) is 18.0 Å². The number of carbonyl (C=O) groups is 1. The number of rotatable bonds is 7. The highest BCUT2D eigenvalue weighted by atomic mass is 35.5. The molecule has 3 aromatic rings. The van der Waals surface area contributed by atoms with Crippen LogP contribution in [0.5, 0.6) is 5.88 Å². The molecule has 0 unspecified atom stereocenters. The summed E-state index contributed by atoms with van der Waals surface area (Å²) < 4.78 is 47.9. The molecule has 1 N–H and O–H groups in total. The molecular weight excluding hydrogens is 439 g/mol. The highest BCUT2D eigenvalue weighted by Gasteiger charge is 2.37. The first-order chi connectivity index (χ1) is 14.8. The maximum absolute atomic E-state index is 12.5. The zero-order chi connectivity index (χ0) is 22.0. The van der Waals surface area contributed by atoms with Gasteiger partial charge in [-0.1, -0.05) is 28.9 Å². The van der Waals surface area contributed by atoms with E-state index in [1.807, 2.05) is 0 Å². The molecule has 0 saturated heterocycles. The summed E-state index contributed by atoms with van der Waals surface area (Å²) in [6, 6.07) is 8.37. The van der Waals surface area contributed by atoms with Crippen LogP contribution in [0.4, 0.5) is 13.2 Å². The molecule has 31 heavy (non-hydrogen) atoms. The molecule has 0 aliphatic heterocycles. The lowest BCUT2D eigenvalue weighted by molar-refractivity contribution is -0.146. The van der Waals surface area contributed by atoms with E-state index in [0.717, 1.165) is 12.8 Å². The van der Waals surface area contributed by atoms with E-state index in [4.69, 9.17) is 16.3 Å². The first-order valence-corrected chi connectivity index (χ1v) is 9.62. The van der Waals surface area contributed by atoms with Crippen molar-refractivity contribution in [2.45, 2.75) is 25.6 Å². The van der Waals surface area contributed by atoms with Crippen molar-refractivity contribution in [2.75, 3.05) is 6.61 Å². The second kappa shape index (κ2) is 8.50. The average molecular weight is 454 g/mol. The minimum absolute atomic E-state index is 0.0562. The van der Waals surface area contributed by atoms with Gasteiger partial charge in [0.05, 0.1) is 13.2 Å².